The van der Waals surface area contributed by atoms with Crippen LogP contribution in [-0.2, 0) is 23.8 Å². The van der Waals surface area contributed by atoms with Gasteiger partial charge in [-0.1, -0.05) is 31.0 Å². The number of unbranched alkanes of at least 4 members (excludes halogenated alkanes) is 1. The number of aliphatic hydroxyl groups excluding tert-OH is 1. The maximum atomic E-state index is 12.4. The predicted molar refractivity (Wildman–Crippen MR) is 89.1 cm³/mol. The third kappa shape index (κ3) is 5.00. The van der Waals surface area contributed by atoms with E-state index in [0.29, 0.717) is 6.61 Å². The Bertz CT molecular complexity index is 612. The number of rotatable bonds is 7. The van der Waals surface area contributed by atoms with Gasteiger partial charge in [0, 0.05) is 13.0 Å². The molecule has 1 aliphatic rings. The fraction of sp³-hybridized carbons (Fsp3) is 0.647. The third-order valence-electron chi connectivity index (χ3n) is 4.01. The van der Waals surface area contributed by atoms with Gasteiger partial charge in [-0.05, 0) is 32.4 Å². The van der Waals surface area contributed by atoms with Gasteiger partial charge in [-0.2, -0.15) is 8.42 Å². The molecule has 2 rings (SSSR count). The van der Waals surface area contributed by atoms with Crippen molar-refractivity contribution in [2.45, 2.75) is 69.5 Å². The number of ether oxygens (including phenoxy) is 2. The van der Waals surface area contributed by atoms with Crippen molar-refractivity contribution in [1.82, 2.24) is 0 Å². The molecule has 0 saturated carbocycles. The number of aliphatic hydroxyl groups is 1. The number of hydrogen-bond acceptors (Lipinski definition) is 6. The molecule has 0 bridgehead atoms. The van der Waals surface area contributed by atoms with Gasteiger partial charge in [0.05, 0.1) is 11.0 Å². The topological polar surface area (TPSA) is 82.1 Å². The first-order valence-corrected chi connectivity index (χ1v) is 9.69. The predicted octanol–water partition coefficient (Wildman–Crippen LogP) is 2.38. The molecule has 0 aromatic heterocycles. The van der Waals surface area contributed by atoms with Gasteiger partial charge >= 0.3 is 0 Å². The Labute approximate surface area is 143 Å². The largest absolute Gasteiger partial charge is 0.388 e. The monoisotopic (exact) mass is 358 g/mol. The molecule has 1 aromatic rings. The molecule has 24 heavy (non-hydrogen) atoms. The second-order valence-electron chi connectivity index (χ2n) is 6.12. The molecule has 1 aromatic carbocycles. The Hall–Kier alpha value is -0.990. The molecule has 0 spiro atoms. The molecule has 1 heterocycles. The van der Waals surface area contributed by atoms with Crippen molar-refractivity contribution in [2.75, 3.05) is 6.61 Å². The summed E-state index contributed by atoms with van der Waals surface area (Å²) >= 11 is 0. The second kappa shape index (κ2) is 8.40. The van der Waals surface area contributed by atoms with Gasteiger partial charge < -0.3 is 14.6 Å². The van der Waals surface area contributed by atoms with E-state index in [1.165, 1.54) is 12.1 Å². The Morgan fingerprint density at radius 3 is 2.58 bits per heavy atom. The molecule has 1 fully saturated rings. The van der Waals surface area contributed by atoms with Crippen LogP contribution in [0.15, 0.2) is 29.2 Å². The minimum absolute atomic E-state index is 0.0721. The minimum atomic E-state index is -3.95. The van der Waals surface area contributed by atoms with Crippen LogP contribution < -0.4 is 0 Å². The van der Waals surface area contributed by atoms with Gasteiger partial charge in [0.2, 0.25) is 0 Å². The highest BCUT2D eigenvalue weighted by molar-refractivity contribution is 7.86. The molecule has 0 unspecified atom stereocenters. The lowest BCUT2D eigenvalue weighted by Gasteiger charge is -2.37. The first-order chi connectivity index (χ1) is 11.3. The SMILES string of the molecule is CCCCO[C@@H]1C[C@H](OS(=O)(=O)c2ccc(C)cc2)[C@@H](O)[C@H](C)O1. The molecule has 0 radical (unpaired) electrons. The molecule has 136 valence electrons. The molecule has 4 atom stereocenters. The van der Waals surface area contributed by atoms with Gasteiger partial charge in [-0.3, -0.25) is 4.18 Å². The number of hydrogen-bond donors (Lipinski definition) is 1. The lowest BCUT2D eigenvalue weighted by atomic mass is 10.0. The normalized spacial score (nSPS) is 28.0. The summed E-state index contributed by atoms with van der Waals surface area (Å²) in [5.41, 5.74) is 0.957. The van der Waals surface area contributed by atoms with Crippen molar-refractivity contribution in [1.29, 1.82) is 0 Å². The van der Waals surface area contributed by atoms with Crippen LogP contribution in [0.2, 0.25) is 0 Å². The molecule has 1 aliphatic heterocycles. The van der Waals surface area contributed by atoms with Crippen LogP contribution in [0.25, 0.3) is 0 Å². The number of aryl methyl sites for hydroxylation is 1. The molecule has 1 saturated heterocycles. The van der Waals surface area contributed by atoms with Crippen molar-refractivity contribution < 1.29 is 27.2 Å². The highest BCUT2D eigenvalue weighted by Gasteiger charge is 2.39. The van der Waals surface area contributed by atoms with Crippen LogP contribution in [0, 0.1) is 6.92 Å². The molecule has 0 amide bonds. The molecule has 7 heteroatoms. The summed E-state index contributed by atoms with van der Waals surface area (Å²) in [5.74, 6) is 0. The standard InChI is InChI=1S/C17H26O6S/c1-4-5-10-21-16-11-15(17(18)13(3)22-16)23-24(19,20)14-8-6-12(2)7-9-14/h6-9,13,15-18H,4-5,10-11H2,1-3H3/t13-,15-,16-,17-/m0/s1. The maximum absolute atomic E-state index is 12.4. The summed E-state index contributed by atoms with van der Waals surface area (Å²) in [7, 11) is -3.95. The van der Waals surface area contributed by atoms with E-state index in [4.69, 9.17) is 13.7 Å². The van der Waals surface area contributed by atoms with Gasteiger partial charge in [-0.15, -0.1) is 0 Å². The van der Waals surface area contributed by atoms with Gasteiger partial charge in [0.15, 0.2) is 6.29 Å². The van der Waals surface area contributed by atoms with Crippen molar-refractivity contribution in [3.05, 3.63) is 29.8 Å². The highest BCUT2D eigenvalue weighted by Crippen LogP contribution is 2.27. The van der Waals surface area contributed by atoms with Gasteiger partial charge in [-0.25, -0.2) is 0 Å². The average molecular weight is 358 g/mol. The summed E-state index contributed by atoms with van der Waals surface area (Å²) in [6.07, 6.45) is -1.02. The molecular weight excluding hydrogens is 332 g/mol. The summed E-state index contributed by atoms with van der Waals surface area (Å²) < 4.78 is 41.3. The third-order valence-corrected chi connectivity index (χ3v) is 5.36. The Kier molecular flexibility index (Phi) is 6.77. The van der Waals surface area contributed by atoms with Gasteiger partial charge in [0.1, 0.15) is 12.2 Å². The Balaban J connectivity index is 2.06. The van der Waals surface area contributed by atoms with Crippen LogP contribution in [-0.4, -0.2) is 44.7 Å². The summed E-state index contributed by atoms with van der Waals surface area (Å²) in [4.78, 5) is 0.0721. The maximum Gasteiger partial charge on any atom is 0.297 e. The lowest BCUT2D eigenvalue weighted by molar-refractivity contribution is -0.241. The van der Waals surface area contributed by atoms with Crippen LogP contribution in [0.4, 0.5) is 0 Å². The zero-order chi connectivity index (χ0) is 17.7. The summed E-state index contributed by atoms with van der Waals surface area (Å²) in [5, 5.41) is 10.2. The van der Waals surface area contributed by atoms with Crippen molar-refractivity contribution in [2.24, 2.45) is 0 Å². The van der Waals surface area contributed by atoms with Crippen LogP contribution in [0.5, 0.6) is 0 Å². The summed E-state index contributed by atoms with van der Waals surface area (Å²) in [6.45, 7) is 6.13. The van der Waals surface area contributed by atoms with E-state index in [2.05, 4.69) is 6.92 Å². The summed E-state index contributed by atoms with van der Waals surface area (Å²) in [6, 6.07) is 6.40. The quantitative estimate of drug-likeness (QED) is 0.595. The van der Waals surface area contributed by atoms with Crippen molar-refractivity contribution in [3.63, 3.8) is 0 Å². The fourth-order valence-electron chi connectivity index (χ4n) is 2.49. The van der Waals surface area contributed by atoms with E-state index in [1.807, 2.05) is 6.92 Å². The van der Waals surface area contributed by atoms with E-state index in [1.54, 1.807) is 19.1 Å². The smallest absolute Gasteiger partial charge is 0.297 e. The molecular formula is C17H26O6S. The van der Waals surface area contributed by atoms with Crippen molar-refractivity contribution in [3.8, 4) is 0 Å². The first-order valence-electron chi connectivity index (χ1n) is 8.28. The zero-order valence-corrected chi connectivity index (χ0v) is 15.2. The van der Waals surface area contributed by atoms with E-state index in [0.717, 1.165) is 18.4 Å². The first kappa shape index (κ1) is 19.3. The fourth-order valence-corrected chi connectivity index (χ4v) is 3.59. The highest BCUT2D eigenvalue weighted by atomic mass is 32.2. The zero-order valence-electron chi connectivity index (χ0n) is 14.3. The van der Waals surface area contributed by atoms with E-state index in [9.17, 15) is 13.5 Å². The Morgan fingerprint density at radius 1 is 1.29 bits per heavy atom. The molecule has 1 N–H and O–H groups in total. The van der Waals surface area contributed by atoms with E-state index < -0.39 is 34.7 Å². The lowest BCUT2D eigenvalue weighted by Crippen LogP contribution is -2.49. The second-order valence-corrected chi connectivity index (χ2v) is 7.70. The van der Waals surface area contributed by atoms with Crippen molar-refractivity contribution >= 4 is 10.1 Å². The van der Waals surface area contributed by atoms with Crippen LogP contribution >= 0.6 is 0 Å². The van der Waals surface area contributed by atoms with Crippen LogP contribution in [0.3, 0.4) is 0 Å². The Morgan fingerprint density at radius 2 is 1.96 bits per heavy atom. The minimum Gasteiger partial charge on any atom is -0.388 e. The molecule has 0 aliphatic carbocycles. The average Bonchev–Trinajstić information content (AvgIpc) is 2.52. The van der Waals surface area contributed by atoms with E-state index >= 15 is 0 Å². The molecule has 6 nitrogen and oxygen atoms in total. The van der Waals surface area contributed by atoms with Gasteiger partial charge in [0.25, 0.3) is 10.1 Å². The van der Waals surface area contributed by atoms with E-state index in [-0.39, 0.29) is 11.3 Å². The van der Waals surface area contributed by atoms with Crippen LogP contribution in [0.1, 0.15) is 38.7 Å². The number of benzene rings is 1.